The average molecular weight is 425 g/mol. The molecule has 1 aliphatic rings. The number of hydrogen-bond donors (Lipinski definition) is 0. The number of aromatic nitrogens is 2. The molecule has 0 saturated carbocycles. The molecule has 1 amide bonds. The van der Waals surface area contributed by atoms with Crippen molar-refractivity contribution in [2.75, 3.05) is 31.1 Å². The average Bonchev–Trinajstić information content (AvgIpc) is 2.85. The van der Waals surface area contributed by atoms with Gasteiger partial charge >= 0.3 is 0 Å². The summed E-state index contributed by atoms with van der Waals surface area (Å²) in [6.07, 6.45) is 0. The van der Waals surface area contributed by atoms with E-state index in [2.05, 4.69) is 22.0 Å². The van der Waals surface area contributed by atoms with E-state index in [1.54, 1.807) is 22.8 Å². The highest BCUT2D eigenvalue weighted by molar-refractivity contribution is 5.94. The molecule has 6 nitrogen and oxygen atoms in total. The van der Waals surface area contributed by atoms with Crippen LogP contribution in [0.3, 0.4) is 0 Å². The van der Waals surface area contributed by atoms with Crippen molar-refractivity contribution < 1.29 is 4.79 Å². The minimum Gasteiger partial charge on any atom is -0.368 e. The van der Waals surface area contributed by atoms with Crippen molar-refractivity contribution in [3.63, 3.8) is 0 Å². The SMILES string of the molecule is Cc1nc2ccccc2c(=O)n1-c1ccc(C(=O)N2CCN(c3ccccc3)CC2)cc1. The molecule has 2 heterocycles. The van der Waals surface area contributed by atoms with E-state index in [4.69, 9.17) is 0 Å². The Balaban J connectivity index is 1.34. The summed E-state index contributed by atoms with van der Waals surface area (Å²) in [4.78, 5) is 34.8. The maximum Gasteiger partial charge on any atom is 0.265 e. The lowest BCUT2D eigenvalue weighted by molar-refractivity contribution is 0.0747. The van der Waals surface area contributed by atoms with Gasteiger partial charge in [0, 0.05) is 37.4 Å². The molecule has 1 aliphatic heterocycles. The Kier molecular flexibility index (Phi) is 5.19. The van der Waals surface area contributed by atoms with Gasteiger partial charge in [0.15, 0.2) is 0 Å². The Morgan fingerprint density at radius 3 is 2.16 bits per heavy atom. The summed E-state index contributed by atoms with van der Waals surface area (Å²) in [6, 6.07) is 24.8. The van der Waals surface area contributed by atoms with Crippen LogP contribution in [0.2, 0.25) is 0 Å². The summed E-state index contributed by atoms with van der Waals surface area (Å²) in [6.45, 7) is 4.81. The summed E-state index contributed by atoms with van der Waals surface area (Å²) in [5, 5.41) is 0.578. The molecule has 0 spiro atoms. The van der Waals surface area contributed by atoms with Gasteiger partial charge in [0.1, 0.15) is 5.82 Å². The smallest absolute Gasteiger partial charge is 0.265 e. The third kappa shape index (κ3) is 3.64. The molecule has 4 aromatic rings. The highest BCUT2D eigenvalue weighted by atomic mass is 16.2. The van der Waals surface area contributed by atoms with E-state index in [1.165, 1.54) is 5.69 Å². The summed E-state index contributed by atoms with van der Waals surface area (Å²) in [5.74, 6) is 0.634. The van der Waals surface area contributed by atoms with Gasteiger partial charge in [-0.05, 0) is 55.5 Å². The second-order valence-electron chi connectivity index (χ2n) is 7.98. The van der Waals surface area contributed by atoms with Gasteiger partial charge in [0.25, 0.3) is 11.5 Å². The van der Waals surface area contributed by atoms with Gasteiger partial charge in [0.2, 0.25) is 0 Å². The maximum absolute atomic E-state index is 13.0. The first kappa shape index (κ1) is 20.0. The van der Waals surface area contributed by atoms with Gasteiger partial charge < -0.3 is 9.80 Å². The number of piperazine rings is 1. The number of benzene rings is 3. The Morgan fingerprint density at radius 1 is 0.781 bits per heavy atom. The van der Waals surface area contributed by atoms with E-state index in [0.717, 1.165) is 13.1 Å². The number of carbonyl (C=O) groups is 1. The number of para-hydroxylation sites is 2. The van der Waals surface area contributed by atoms with Crippen molar-refractivity contribution in [3.8, 4) is 5.69 Å². The summed E-state index contributed by atoms with van der Waals surface area (Å²) in [5.41, 5.74) is 3.10. The normalized spacial score (nSPS) is 14.0. The fourth-order valence-corrected chi connectivity index (χ4v) is 4.29. The molecule has 0 bridgehead atoms. The van der Waals surface area contributed by atoms with Crippen molar-refractivity contribution in [1.82, 2.24) is 14.5 Å². The maximum atomic E-state index is 13.0. The third-order valence-electron chi connectivity index (χ3n) is 6.00. The molecule has 0 unspecified atom stereocenters. The zero-order valence-electron chi connectivity index (χ0n) is 17.9. The van der Waals surface area contributed by atoms with Crippen LogP contribution in [0.4, 0.5) is 5.69 Å². The molecule has 6 heteroatoms. The van der Waals surface area contributed by atoms with Gasteiger partial charge in [-0.1, -0.05) is 30.3 Å². The second kappa shape index (κ2) is 8.30. The summed E-state index contributed by atoms with van der Waals surface area (Å²) >= 11 is 0. The Hall–Kier alpha value is -3.93. The van der Waals surface area contributed by atoms with E-state index in [9.17, 15) is 9.59 Å². The molecular formula is C26H24N4O2. The van der Waals surface area contributed by atoms with Crippen molar-refractivity contribution >= 4 is 22.5 Å². The van der Waals surface area contributed by atoms with Crippen molar-refractivity contribution in [2.24, 2.45) is 0 Å². The minimum atomic E-state index is -0.107. The lowest BCUT2D eigenvalue weighted by Gasteiger charge is -2.36. The zero-order chi connectivity index (χ0) is 22.1. The predicted molar refractivity (Wildman–Crippen MR) is 127 cm³/mol. The molecule has 3 aromatic carbocycles. The largest absolute Gasteiger partial charge is 0.368 e. The van der Waals surface area contributed by atoms with E-state index in [-0.39, 0.29) is 11.5 Å². The first-order chi connectivity index (χ1) is 15.6. The number of aryl methyl sites for hydroxylation is 1. The van der Waals surface area contributed by atoms with Gasteiger partial charge in [-0.15, -0.1) is 0 Å². The highest BCUT2D eigenvalue weighted by Gasteiger charge is 2.22. The van der Waals surface area contributed by atoms with Crippen LogP contribution >= 0.6 is 0 Å². The van der Waals surface area contributed by atoms with Crippen molar-refractivity contribution in [1.29, 1.82) is 0 Å². The fourth-order valence-electron chi connectivity index (χ4n) is 4.29. The van der Waals surface area contributed by atoms with Crippen LogP contribution in [0.25, 0.3) is 16.6 Å². The minimum absolute atomic E-state index is 0.0185. The quantitative estimate of drug-likeness (QED) is 0.504. The Bertz CT molecular complexity index is 1320. The number of carbonyl (C=O) groups excluding carboxylic acids is 1. The van der Waals surface area contributed by atoms with Crippen LogP contribution in [0.1, 0.15) is 16.2 Å². The first-order valence-corrected chi connectivity index (χ1v) is 10.8. The molecular weight excluding hydrogens is 400 g/mol. The number of nitrogens with zero attached hydrogens (tertiary/aromatic N) is 4. The summed E-state index contributed by atoms with van der Waals surface area (Å²) in [7, 11) is 0. The molecule has 32 heavy (non-hydrogen) atoms. The molecule has 1 aromatic heterocycles. The lowest BCUT2D eigenvalue weighted by Crippen LogP contribution is -2.48. The van der Waals surface area contributed by atoms with E-state index < -0.39 is 0 Å². The number of hydrogen-bond acceptors (Lipinski definition) is 4. The van der Waals surface area contributed by atoms with Crippen molar-refractivity contribution in [3.05, 3.63) is 101 Å². The topological polar surface area (TPSA) is 58.4 Å². The molecule has 5 rings (SSSR count). The van der Waals surface area contributed by atoms with Crippen LogP contribution in [0.15, 0.2) is 83.7 Å². The van der Waals surface area contributed by atoms with E-state index in [0.29, 0.717) is 41.1 Å². The number of fused-ring (bicyclic) bond motifs is 1. The van der Waals surface area contributed by atoms with Crippen LogP contribution in [0, 0.1) is 6.92 Å². The predicted octanol–water partition coefficient (Wildman–Crippen LogP) is 3.66. The molecule has 1 fully saturated rings. The van der Waals surface area contributed by atoms with Crippen LogP contribution in [0.5, 0.6) is 0 Å². The van der Waals surface area contributed by atoms with Crippen molar-refractivity contribution in [2.45, 2.75) is 6.92 Å². The monoisotopic (exact) mass is 424 g/mol. The van der Waals surface area contributed by atoms with Crippen LogP contribution in [-0.4, -0.2) is 46.5 Å². The number of anilines is 1. The lowest BCUT2D eigenvalue weighted by atomic mass is 10.1. The van der Waals surface area contributed by atoms with E-state index >= 15 is 0 Å². The molecule has 160 valence electrons. The standard InChI is InChI=1S/C26H24N4O2/c1-19-27-24-10-6-5-9-23(24)26(32)30(19)22-13-11-20(12-14-22)25(31)29-17-15-28(16-18-29)21-7-3-2-4-8-21/h2-14H,15-18H2,1H3. The Morgan fingerprint density at radius 2 is 1.44 bits per heavy atom. The third-order valence-corrected chi connectivity index (χ3v) is 6.00. The number of amides is 1. The molecule has 0 radical (unpaired) electrons. The van der Waals surface area contributed by atoms with Gasteiger partial charge in [-0.3, -0.25) is 14.2 Å². The first-order valence-electron chi connectivity index (χ1n) is 10.8. The van der Waals surface area contributed by atoms with Crippen LogP contribution < -0.4 is 10.5 Å². The highest BCUT2D eigenvalue weighted by Crippen LogP contribution is 2.18. The van der Waals surface area contributed by atoms with Gasteiger partial charge in [0.05, 0.1) is 16.6 Å². The number of rotatable bonds is 3. The molecule has 0 aliphatic carbocycles. The molecule has 0 N–H and O–H groups in total. The molecule has 0 atom stereocenters. The van der Waals surface area contributed by atoms with Gasteiger partial charge in [-0.2, -0.15) is 0 Å². The Labute approximate surface area is 186 Å². The van der Waals surface area contributed by atoms with Gasteiger partial charge in [-0.25, -0.2) is 4.98 Å². The zero-order valence-corrected chi connectivity index (χ0v) is 17.9. The summed E-state index contributed by atoms with van der Waals surface area (Å²) < 4.78 is 1.59. The van der Waals surface area contributed by atoms with E-state index in [1.807, 2.05) is 60.4 Å². The second-order valence-corrected chi connectivity index (χ2v) is 7.98. The fraction of sp³-hybridized carbons (Fsp3) is 0.192. The molecule has 1 saturated heterocycles. The van der Waals surface area contributed by atoms with Crippen LogP contribution in [-0.2, 0) is 0 Å².